The van der Waals surface area contributed by atoms with E-state index in [-0.39, 0.29) is 18.2 Å². The van der Waals surface area contributed by atoms with Gasteiger partial charge in [-0.05, 0) is 49.4 Å². The van der Waals surface area contributed by atoms with Crippen LogP contribution in [-0.2, 0) is 14.3 Å². The van der Waals surface area contributed by atoms with Gasteiger partial charge in [-0.15, -0.1) is 11.3 Å². The van der Waals surface area contributed by atoms with Crippen LogP contribution < -0.4 is 14.5 Å². The fourth-order valence-electron chi connectivity index (χ4n) is 3.91. The fraction of sp³-hybridized carbons (Fsp3) is 0.348. The number of morpholine rings is 1. The predicted octanol–water partition coefficient (Wildman–Crippen LogP) is 3.96. The molecule has 1 aromatic heterocycles. The van der Waals surface area contributed by atoms with E-state index >= 15 is 0 Å². The third kappa shape index (κ3) is 4.20. The molecule has 1 atom stereocenters. The van der Waals surface area contributed by atoms with Crippen LogP contribution in [0.3, 0.4) is 0 Å². The molecule has 9 heteroatoms. The molecule has 3 aromatic rings. The molecular weight excluding hydrogens is 446 g/mol. The molecule has 0 bridgehead atoms. The quantitative estimate of drug-likeness (QED) is 0.506. The van der Waals surface area contributed by atoms with E-state index in [1.165, 1.54) is 28.0 Å². The van der Waals surface area contributed by atoms with Gasteiger partial charge < -0.3 is 14.4 Å². The summed E-state index contributed by atoms with van der Waals surface area (Å²) in [6.45, 7) is 5.66. The molecule has 2 amide bonds. The molecular formula is C23H23N3O4S2. The number of carbonyl (C=O) groups excluding carboxylic acids is 2. The van der Waals surface area contributed by atoms with Crippen LogP contribution in [0.2, 0.25) is 0 Å². The average molecular weight is 470 g/mol. The first-order valence-electron chi connectivity index (χ1n) is 10.6. The smallest absolute Gasteiger partial charge is 0.247 e. The second kappa shape index (κ2) is 9.09. The van der Waals surface area contributed by atoms with Crippen molar-refractivity contribution in [3.8, 4) is 5.75 Å². The number of imide groups is 1. The number of thiazole rings is 1. The molecule has 0 aliphatic carbocycles. The largest absolute Gasteiger partial charge is 0.494 e. The average Bonchev–Trinajstić information content (AvgIpc) is 3.34. The van der Waals surface area contributed by atoms with Crippen molar-refractivity contribution in [1.29, 1.82) is 0 Å². The summed E-state index contributed by atoms with van der Waals surface area (Å²) in [5.74, 6) is 0.443. The minimum absolute atomic E-state index is 0.175. The maximum atomic E-state index is 13.1. The number of fused-ring (bicyclic) bond motifs is 1. The Morgan fingerprint density at radius 2 is 1.88 bits per heavy atom. The Morgan fingerprint density at radius 3 is 2.62 bits per heavy atom. The Kier molecular flexibility index (Phi) is 6.03. The van der Waals surface area contributed by atoms with Crippen LogP contribution in [0, 0.1) is 0 Å². The molecule has 2 saturated heterocycles. The highest BCUT2D eigenvalue weighted by molar-refractivity contribution is 8.02. The second-order valence-corrected chi connectivity index (χ2v) is 10.0. The molecule has 0 unspecified atom stereocenters. The third-order valence-electron chi connectivity index (χ3n) is 5.48. The monoisotopic (exact) mass is 469 g/mol. The summed E-state index contributed by atoms with van der Waals surface area (Å²) in [5.41, 5.74) is 2.56. The van der Waals surface area contributed by atoms with Crippen molar-refractivity contribution in [3.63, 3.8) is 0 Å². The Balaban J connectivity index is 1.30. The zero-order valence-electron chi connectivity index (χ0n) is 17.7. The number of benzene rings is 2. The molecule has 0 radical (unpaired) electrons. The number of carbonyl (C=O) groups is 2. The molecule has 2 fully saturated rings. The standard InChI is InChI=1S/C23H23N3O4S2/c1-2-30-17-7-8-18-19(13-17)31-23(24-18)32-20-14-21(27)26(22(20)28)16-5-3-15(4-6-16)25-9-11-29-12-10-25/h3-8,13,20H,2,9-12,14H2,1H3/t20-/m0/s1. The molecule has 2 aliphatic rings. The first-order valence-corrected chi connectivity index (χ1v) is 12.3. The summed E-state index contributed by atoms with van der Waals surface area (Å²) in [6, 6.07) is 13.4. The minimum atomic E-state index is -0.464. The first-order chi connectivity index (χ1) is 15.6. The Morgan fingerprint density at radius 1 is 1.12 bits per heavy atom. The van der Waals surface area contributed by atoms with E-state index in [4.69, 9.17) is 9.47 Å². The van der Waals surface area contributed by atoms with Gasteiger partial charge in [0.1, 0.15) is 11.0 Å². The number of hydrogen-bond acceptors (Lipinski definition) is 8. The number of nitrogens with zero attached hydrogens (tertiary/aromatic N) is 3. The van der Waals surface area contributed by atoms with Crippen molar-refractivity contribution in [3.05, 3.63) is 42.5 Å². The lowest BCUT2D eigenvalue weighted by molar-refractivity contribution is -0.121. The fourth-order valence-corrected chi connectivity index (χ4v) is 6.28. The Labute approximate surface area is 194 Å². The third-order valence-corrected chi connectivity index (χ3v) is 7.78. The number of amides is 2. The highest BCUT2D eigenvalue weighted by Gasteiger charge is 2.40. The summed E-state index contributed by atoms with van der Waals surface area (Å²) in [5, 5.41) is -0.464. The van der Waals surface area contributed by atoms with Crippen molar-refractivity contribution in [2.24, 2.45) is 0 Å². The zero-order valence-corrected chi connectivity index (χ0v) is 19.3. The Bertz CT molecular complexity index is 1140. The summed E-state index contributed by atoms with van der Waals surface area (Å²) in [7, 11) is 0. The molecule has 5 rings (SSSR count). The zero-order chi connectivity index (χ0) is 22.1. The molecule has 0 spiro atoms. The highest BCUT2D eigenvalue weighted by atomic mass is 32.2. The van der Waals surface area contributed by atoms with Crippen molar-refractivity contribution in [2.75, 3.05) is 42.7 Å². The molecule has 2 aliphatic heterocycles. The lowest BCUT2D eigenvalue weighted by atomic mass is 10.2. The summed E-state index contributed by atoms with van der Waals surface area (Å²) in [4.78, 5) is 33.9. The van der Waals surface area contributed by atoms with E-state index < -0.39 is 5.25 Å². The van der Waals surface area contributed by atoms with Crippen LogP contribution >= 0.6 is 23.1 Å². The van der Waals surface area contributed by atoms with Crippen LogP contribution in [0.4, 0.5) is 11.4 Å². The van der Waals surface area contributed by atoms with E-state index in [0.29, 0.717) is 25.5 Å². The van der Waals surface area contributed by atoms with Crippen LogP contribution in [0.5, 0.6) is 5.75 Å². The number of ether oxygens (including phenoxy) is 2. The molecule has 32 heavy (non-hydrogen) atoms. The SMILES string of the molecule is CCOc1ccc2nc(S[C@H]3CC(=O)N(c4ccc(N5CCOCC5)cc4)C3=O)sc2c1. The minimum Gasteiger partial charge on any atom is -0.494 e. The van der Waals surface area contributed by atoms with Gasteiger partial charge in [0.15, 0.2) is 4.34 Å². The molecule has 7 nitrogen and oxygen atoms in total. The van der Waals surface area contributed by atoms with Gasteiger partial charge in [-0.2, -0.15) is 0 Å². The predicted molar refractivity (Wildman–Crippen MR) is 127 cm³/mol. The number of thioether (sulfide) groups is 1. The van der Waals surface area contributed by atoms with Crippen LogP contribution in [0.1, 0.15) is 13.3 Å². The van der Waals surface area contributed by atoms with Gasteiger partial charge in [0.2, 0.25) is 11.8 Å². The van der Waals surface area contributed by atoms with Gasteiger partial charge >= 0.3 is 0 Å². The first kappa shape index (κ1) is 21.2. The van der Waals surface area contributed by atoms with Crippen molar-refractivity contribution >= 4 is 56.5 Å². The molecule has 3 heterocycles. The second-order valence-electron chi connectivity index (χ2n) is 7.54. The van der Waals surface area contributed by atoms with Gasteiger partial charge in [-0.1, -0.05) is 11.8 Å². The van der Waals surface area contributed by atoms with E-state index in [9.17, 15) is 9.59 Å². The number of hydrogen-bond donors (Lipinski definition) is 0. The topological polar surface area (TPSA) is 72.0 Å². The number of anilines is 2. The van der Waals surface area contributed by atoms with Gasteiger partial charge in [-0.3, -0.25) is 9.59 Å². The lowest BCUT2D eigenvalue weighted by Crippen LogP contribution is -2.36. The summed E-state index contributed by atoms with van der Waals surface area (Å²) in [6.07, 6.45) is 0.175. The van der Waals surface area contributed by atoms with Crippen molar-refractivity contribution in [1.82, 2.24) is 4.98 Å². The van der Waals surface area contributed by atoms with Gasteiger partial charge in [0.25, 0.3) is 0 Å². The number of aromatic nitrogens is 1. The maximum Gasteiger partial charge on any atom is 0.247 e. The normalized spacial score (nSPS) is 19.2. The van der Waals surface area contributed by atoms with E-state index in [1.54, 1.807) is 0 Å². The Hall–Kier alpha value is -2.62. The molecule has 2 aromatic carbocycles. The highest BCUT2D eigenvalue weighted by Crippen LogP contribution is 2.38. The summed E-state index contributed by atoms with van der Waals surface area (Å²) < 4.78 is 12.7. The van der Waals surface area contributed by atoms with Crippen molar-refractivity contribution in [2.45, 2.75) is 22.9 Å². The molecule has 166 valence electrons. The van der Waals surface area contributed by atoms with Gasteiger partial charge in [0.05, 0.1) is 35.7 Å². The van der Waals surface area contributed by atoms with Crippen LogP contribution in [-0.4, -0.2) is 55.0 Å². The van der Waals surface area contributed by atoms with Crippen LogP contribution in [0.15, 0.2) is 46.8 Å². The lowest BCUT2D eigenvalue weighted by Gasteiger charge is -2.29. The van der Waals surface area contributed by atoms with E-state index in [0.717, 1.165) is 39.1 Å². The maximum absolute atomic E-state index is 13.1. The van der Waals surface area contributed by atoms with E-state index in [2.05, 4.69) is 9.88 Å². The van der Waals surface area contributed by atoms with Gasteiger partial charge in [-0.25, -0.2) is 9.88 Å². The number of rotatable bonds is 6. The summed E-state index contributed by atoms with van der Waals surface area (Å²) >= 11 is 2.88. The molecule has 0 N–H and O–H groups in total. The van der Waals surface area contributed by atoms with Crippen LogP contribution in [0.25, 0.3) is 10.2 Å². The van der Waals surface area contributed by atoms with E-state index in [1.807, 2.05) is 49.4 Å². The van der Waals surface area contributed by atoms with Gasteiger partial charge in [0, 0.05) is 25.2 Å². The van der Waals surface area contributed by atoms with Crippen molar-refractivity contribution < 1.29 is 19.1 Å². The molecule has 0 saturated carbocycles.